The van der Waals surface area contributed by atoms with Crippen LogP contribution in [-0.4, -0.2) is 24.9 Å². The number of ether oxygens (including phenoxy) is 2. The monoisotopic (exact) mass is 347 g/mol. The molecule has 24 heavy (non-hydrogen) atoms. The van der Waals surface area contributed by atoms with Gasteiger partial charge in [0.25, 0.3) is 0 Å². The largest absolute Gasteiger partial charge is 0.506 e. The van der Waals surface area contributed by atoms with Crippen molar-refractivity contribution in [2.45, 2.75) is 26.3 Å². The van der Waals surface area contributed by atoms with Crippen molar-refractivity contribution in [2.75, 3.05) is 19.8 Å². The number of halogens is 1. The quantitative estimate of drug-likeness (QED) is 0.855. The molecule has 3 rings (SSSR count). The minimum Gasteiger partial charge on any atom is -0.506 e. The SMILES string of the molecule is CCOc1cc2c(cc1OCC)[C@@H](c1ccc(O)c(Cl)c1)NCC2. The second-order valence-corrected chi connectivity index (χ2v) is 6.12. The van der Waals surface area contributed by atoms with Gasteiger partial charge in [0, 0.05) is 6.54 Å². The molecule has 2 aromatic rings. The summed E-state index contributed by atoms with van der Waals surface area (Å²) in [5, 5.41) is 13.5. The summed E-state index contributed by atoms with van der Waals surface area (Å²) in [6.45, 7) is 5.99. The van der Waals surface area contributed by atoms with Gasteiger partial charge in [0.15, 0.2) is 11.5 Å². The number of benzene rings is 2. The summed E-state index contributed by atoms with van der Waals surface area (Å²) in [7, 11) is 0. The van der Waals surface area contributed by atoms with Crippen LogP contribution in [0.1, 0.15) is 36.6 Å². The lowest BCUT2D eigenvalue weighted by atomic mass is 9.89. The van der Waals surface area contributed by atoms with Crippen LogP contribution in [0.5, 0.6) is 17.2 Å². The first-order valence-corrected chi connectivity index (χ1v) is 8.66. The molecule has 1 heterocycles. The van der Waals surface area contributed by atoms with Gasteiger partial charge < -0.3 is 19.9 Å². The van der Waals surface area contributed by atoms with Gasteiger partial charge in [0.2, 0.25) is 0 Å². The topological polar surface area (TPSA) is 50.7 Å². The average molecular weight is 348 g/mol. The highest BCUT2D eigenvalue weighted by atomic mass is 35.5. The van der Waals surface area contributed by atoms with Gasteiger partial charge in [0.05, 0.1) is 24.3 Å². The average Bonchev–Trinajstić information content (AvgIpc) is 2.58. The Morgan fingerprint density at radius 1 is 1.12 bits per heavy atom. The molecule has 5 heteroatoms. The van der Waals surface area contributed by atoms with E-state index in [1.807, 2.05) is 19.9 Å². The molecule has 0 aliphatic carbocycles. The molecule has 0 unspecified atom stereocenters. The highest BCUT2D eigenvalue weighted by Gasteiger charge is 2.24. The number of rotatable bonds is 5. The van der Waals surface area contributed by atoms with Gasteiger partial charge in [-0.25, -0.2) is 0 Å². The molecule has 1 aliphatic rings. The van der Waals surface area contributed by atoms with E-state index in [-0.39, 0.29) is 11.8 Å². The Morgan fingerprint density at radius 2 is 1.83 bits per heavy atom. The number of phenolic OH excluding ortho intramolecular Hbond substituents is 1. The lowest BCUT2D eigenvalue weighted by Gasteiger charge is -2.29. The lowest BCUT2D eigenvalue weighted by molar-refractivity contribution is 0.286. The predicted octanol–water partition coefficient (Wildman–Crippen LogP) is 4.08. The van der Waals surface area contributed by atoms with Gasteiger partial charge in [-0.2, -0.15) is 0 Å². The third kappa shape index (κ3) is 3.30. The third-order valence-corrected chi connectivity index (χ3v) is 4.47. The van der Waals surface area contributed by atoms with E-state index in [0.717, 1.165) is 35.6 Å². The molecule has 0 aromatic heterocycles. The number of aromatic hydroxyl groups is 1. The van der Waals surface area contributed by atoms with E-state index in [9.17, 15) is 5.11 Å². The molecule has 2 N–H and O–H groups in total. The van der Waals surface area contributed by atoms with Crippen LogP contribution in [0.3, 0.4) is 0 Å². The van der Waals surface area contributed by atoms with Gasteiger partial charge in [-0.1, -0.05) is 17.7 Å². The summed E-state index contributed by atoms with van der Waals surface area (Å²) in [5.41, 5.74) is 3.43. The predicted molar refractivity (Wildman–Crippen MR) is 95.4 cm³/mol. The molecule has 0 saturated carbocycles. The van der Waals surface area contributed by atoms with E-state index < -0.39 is 0 Å². The van der Waals surface area contributed by atoms with Crippen LogP contribution < -0.4 is 14.8 Å². The summed E-state index contributed by atoms with van der Waals surface area (Å²) >= 11 is 6.09. The number of hydrogen-bond acceptors (Lipinski definition) is 4. The molecule has 1 aliphatic heterocycles. The zero-order valence-electron chi connectivity index (χ0n) is 13.9. The van der Waals surface area contributed by atoms with Crippen LogP contribution in [0.15, 0.2) is 30.3 Å². The van der Waals surface area contributed by atoms with Crippen molar-refractivity contribution in [3.63, 3.8) is 0 Å². The first-order valence-electron chi connectivity index (χ1n) is 8.28. The smallest absolute Gasteiger partial charge is 0.161 e. The Balaban J connectivity index is 2.05. The van der Waals surface area contributed by atoms with Crippen LogP contribution in [0, 0.1) is 0 Å². The summed E-state index contributed by atoms with van der Waals surface area (Å²) < 4.78 is 11.5. The van der Waals surface area contributed by atoms with Crippen LogP contribution in [0.2, 0.25) is 5.02 Å². The molecule has 0 saturated heterocycles. The van der Waals surface area contributed by atoms with Gasteiger partial charge in [-0.3, -0.25) is 0 Å². The second-order valence-electron chi connectivity index (χ2n) is 5.71. The molecular weight excluding hydrogens is 326 g/mol. The fourth-order valence-electron chi connectivity index (χ4n) is 3.10. The van der Waals surface area contributed by atoms with E-state index in [2.05, 4.69) is 17.4 Å². The summed E-state index contributed by atoms with van der Waals surface area (Å²) in [6.07, 6.45) is 0.935. The first-order chi connectivity index (χ1) is 11.6. The summed E-state index contributed by atoms with van der Waals surface area (Å²) in [4.78, 5) is 0. The third-order valence-electron chi connectivity index (χ3n) is 4.16. The standard InChI is InChI=1S/C19H22ClNO3/c1-3-23-17-10-12-7-8-21-19(14(12)11-18(17)24-4-2)13-5-6-16(22)15(20)9-13/h5-6,9-11,19,21-22H,3-4,7-8H2,1-2H3/t19-/m1/s1. The van der Waals surface area contributed by atoms with Crippen molar-refractivity contribution in [2.24, 2.45) is 0 Å². The minimum absolute atomic E-state index is 0.0155. The van der Waals surface area contributed by atoms with Crippen molar-refractivity contribution in [3.8, 4) is 17.2 Å². The highest BCUT2D eigenvalue weighted by molar-refractivity contribution is 6.32. The van der Waals surface area contributed by atoms with E-state index in [4.69, 9.17) is 21.1 Å². The molecule has 0 amide bonds. The van der Waals surface area contributed by atoms with Crippen molar-refractivity contribution in [1.29, 1.82) is 0 Å². The highest BCUT2D eigenvalue weighted by Crippen LogP contribution is 2.39. The van der Waals surface area contributed by atoms with E-state index in [1.54, 1.807) is 12.1 Å². The summed E-state index contributed by atoms with van der Waals surface area (Å²) in [6, 6.07) is 9.49. The van der Waals surface area contributed by atoms with Gasteiger partial charge in [-0.15, -0.1) is 0 Å². The Hall–Kier alpha value is -1.91. The molecule has 0 fully saturated rings. The Bertz CT molecular complexity index is 733. The molecule has 0 bridgehead atoms. The Kier molecular flexibility index (Phi) is 5.17. The zero-order valence-corrected chi connectivity index (χ0v) is 14.7. The molecule has 4 nitrogen and oxygen atoms in total. The molecular formula is C19H22ClNO3. The molecule has 128 valence electrons. The number of phenols is 1. The van der Waals surface area contributed by atoms with Gasteiger partial charge in [0.1, 0.15) is 5.75 Å². The van der Waals surface area contributed by atoms with Gasteiger partial charge in [-0.05, 0) is 61.2 Å². The molecule has 1 atom stereocenters. The van der Waals surface area contributed by atoms with Crippen molar-refractivity contribution < 1.29 is 14.6 Å². The first kappa shape index (κ1) is 16.9. The van der Waals surface area contributed by atoms with E-state index in [0.29, 0.717) is 18.2 Å². The fourth-order valence-corrected chi connectivity index (χ4v) is 3.29. The molecule has 0 spiro atoms. The van der Waals surface area contributed by atoms with Crippen LogP contribution >= 0.6 is 11.6 Å². The number of fused-ring (bicyclic) bond motifs is 1. The fraction of sp³-hybridized carbons (Fsp3) is 0.368. The van der Waals surface area contributed by atoms with Crippen LogP contribution in [0.25, 0.3) is 0 Å². The van der Waals surface area contributed by atoms with Crippen molar-refractivity contribution in [3.05, 3.63) is 52.0 Å². The number of hydrogen-bond donors (Lipinski definition) is 2. The lowest BCUT2D eigenvalue weighted by Crippen LogP contribution is -2.30. The van der Waals surface area contributed by atoms with Crippen LogP contribution in [-0.2, 0) is 6.42 Å². The molecule has 2 aromatic carbocycles. The maximum Gasteiger partial charge on any atom is 0.161 e. The van der Waals surface area contributed by atoms with Crippen molar-refractivity contribution in [1.82, 2.24) is 5.32 Å². The molecule has 0 radical (unpaired) electrons. The Morgan fingerprint density at radius 3 is 2.50 bits per heavy atom. The zero-order chi connectivity index (χ0) is 17.1. The summed E-state index contributed by atoms with van der Waals surface area (Å²) in [5.74, 6) is 1.65. The second kappa shape index (κ2) is 7.32. The number of nitrogens with one attached hydrogen (secondary N) is 1. The normalized spacial score (nSPS) is 16.5. The van der Waals surface area contributed by atoms with E-state index in [1.165, 1.54) is 5.56 Å². The van der Waals surface area contributed by atoms with Crippen LogP contribution in [0.4, 0.5) is 0 Å². The van der Waals surface area contributed by atoms with Crippen molar-refractivity contribution >= 4 is 11.6 Å². The van der Waals surface area contributed by atoms with Gasteiger partial charge >= 0.3 is 0 Å². The van der Waals surface area contributed by atoms with E-state index >= 15 is 0 Å². The minimum atomic E-state index is 0.0155. The maximum absolute atomic E-state index is 9.66. The Labute approximate surface area is 147 Å². The maximum atomic E-state index is 9.66.